The SMILES string of the molecule is O=Cc1cc2cccc(Cl)c2n1CC(F)F. The van der Waals surface area contributed by atoms with Crippen molar-refractivity contribution in [3.8, 4) is 0 Å². The molecule has 0 unspecified atom stereocenters. The van der Waals surface area contributed by atoms with Gasteiger partial charge in [0.05, 0.1) is 22.8 Å². The van der Waals surface area contributed by atoms with E-state index in [2.05, 4.69) is 0 Å². The number of benzene rings is 1. The highest BCUT2D eigenvalue weighted by Gasteiger charge is 2.14. The number of carbonyl (C=O) groups excluding carboxylic acids is 1. The molecule has 0 N–H and O–H groups in total. The molecule has 2 aromatic rings. The number of aldehydes is 1. The van der Waals surface area contributed by atoms with E-state index in [1.165, 1.54) is 4.57 Å². The summed E-state index contributed by atoms with van der Waals surface area (Å²) in [6.07, 6.45) is -1.97. The minimum atomic E-state index is -2.52. The van der Waals surface area contributed by atoms with Crippen molar-refractivity contribution in [1.29, 1.82) is 0 Å². The molecule has 2 rings (SSSR count). The zero-order valence-corrected chi connectivity index (χ0v) is 8.92. The van der Waals surface area contributed by atoms with Gasteiger partial charge in [0, 0.05) is 5.39 Å². The summed E-state index contributed by atoms with van der Waals surface area (Å²) in [6, 6.07) is 6.61. The molecule has 84 valence electrons. The predicted octanol–water partition coefficient (Wildman–Crippen LogP) is 3.37. The molecule has 0 aliphatic carbocycles. The summed E-state index contributed by atoms with van der Waals surface area (Å²) in [5.74, 6) is 0. The minimum Gasteiger partial charge on any atom is -0.331 e. The van der Waals surface area contributed by atoms with Gasteiger partial charge >= 0.3 is 0 Å². The average molecular weight is 244 g/mol. The Labute approximate surface area is 95.4 Å². The molecule has 0 aliphatic heterocycles. The third-order valence-corrected chi connectivity index (χ3v) is 2.65. The predicted molar refractivity (Wildman–Crippen MR) is 58.3 cm³/mol. The first-order chi connectivity index (χ1) is 7.63. The van der Waals surface area contributed by atoms with Gasteiger partial charge in [-0.15, -0.1) is 0 Å². The molecule has 16 heavy (non-hydrogen) atoms. The molecule has 1 aromatic heterocycles. The van der Waals surface area contributed by atoms with Crippen molar-refractivity contribution in [2.24, 2.45) is 0 Å². The molecule has 0 spiro atoms. The van der Waals surface area contributed by atoms with E-state index >= 15 is 0 Å². The van der Waals surface area contributed by atoms with Crippen LogP contribution in [-0.2, 0) is 6.54 Å². The topological polar surface area (TPSA) is 22.0 Å². The second-order valence-corrected chi connectivity index (χ2v) is 3.77. The van der Waals surface area contributed by atoms with Gasteiger partial charge in [0.15, 0.2) is 6.29 Å². The first-order valence-electron chi connectivity index (χ1n) is 4.64. The molecule has 0 amide bonds. The van der Waals surface area contributed by atoms with Crippen LogP contribution in [0.25, 0.3) is 10.9 Å². The Morgan fingerprint density at radius 1 is 1.44 bits per heavy atom. The first-order valence-corrected chi connectivity index (χ1v) is 5.02. The Bertz CT molecular complexity index is 536. The second kappa shape index (κ2) is 4.22. The van der Waals surface area contributed by atoms with E-state index in [0.29, 0.717) is 22.2 Å². The molecular weight excluding hydrogens is 236 g/mol. The van der Waals surface area contributed by atoms with Crippen LogP contribution < -0.4 is 0 Å². The van der Waals surface area contributed by atoms with E-state index in [1.807, 2.05) is 0 Å². The van der Waals surface area contributed by atoms with E-state index in [-0.39, 0.29) is 5.69 Å². The minimum absolute atomic E-state index is 0.211. The van der Waals surface area contributed by atoms with Crippen LogP contribution in [0.3, 0.4) is 0 Å². The van der Waals surface area contributed by atoms with E-state index in [4.69, 9.17) is 11.6 Å². The Balaban J connectivity index is 2.70. The number of carbonyl (C=O) groups is 1. The van der Waals surface area contributed by atoms with Crippen LogP contribution >= 0.6 is 11.6 Å². The highest BCUT2D eigenvalue weighted by molar-refractivity contribution is 6.35. The van der Waals surface area contributed by atoms with Crippen LogP contribution in [-0.4, -0.2) is 17.3 Å². The molecule has 0 radical (unpaired) electrons. The summed E-state index contributed by atoms with van der Waals surface area (Å²) in [7, 11) is 0. The van der Waals surface area contributed by atoms with Crippen LogP contribution in [0, 0.1) is 0 Å². The Morgan fingerprint density at radius 3 is 2.81 bits per heavy atom. The first kappa shape index (κ1) is 11.1. The smallest absolute Gasteiger partial charge is 0.256 e. The third kappa shape index (κ3) is 1.80. The van der Waals surface area contributed by atoms with Crippen LogP contribution in [0.2, 0.25) is 5.02 Å². The van der Waals surface area contributed by atoms with Gasteiger partial charge in [-0.05, 0) is 12.1 Å². The maximum absolute atomic E-state index is 12.4. The Kier molecular flexibility index (Phi) is 2.92. The highest BCUT2D eigenvalue weighted by Crippen LogP contribution is 2.27. The van der Waals surface area contributed by atoms with E-state index in [0.717, 1.165) is 0 Å². The summed E-state index contributed by atoms with van der Waals surface area (Å²) in [5, 5.41) is 1.06. The van der Waals surface area contributed by atoms with Gasteiger partial charge in [-0.2, -0.15) is 0 Å². The fraction of sp³-hybridized carbons (Fsp3) is 0.182. The fourth-order valence-electron chi connectivity index (χ4n) is 1.73. The molecule has 0 aliphatic rings. The number of para-hydroxylation sites is 1. The number of rotatable bonds is 3. The molecule has 0 saturated heterocycles. The van der Waals surface area contributed by atoms with Crippen LogP contribution in [0.15, 0.2) is 24.3 Å². The van der Waals surface area contributed by atoms with Crippen molar-refractivity contribution in [3.05, 3.63) is 35.0 Å². The Hall–Kier alpha value is -1.42. The zero-order valence-electron chi connectivity index (χ0n) is 8.16. The maximum Gasteiger partial charge on any atom is 0.256 e. The maximum atomic E-state index is 12.4. The molecule has 0 fully saturated rings. The van der Waals surface area contributed by atoms with Gasteiger partial charge in [0.25, 0.3) is 6.43 Å². The third-order valence-electron chi connectivity index (χ3n) is 2.34. The standard InChI is InChI=1S/C11H8ClF2NO/c12-9-3-1-2-7-4-8(6-16)15(11(7)9)5-10(13)14/h1-4,6,10H,5H2. The number of hydrogen-bond acceptors (Lipinski definition) is 1. The number of halogens is 3. The molecular formula is C11H8ClF2NO. The lowest BCUT2D eigenvalue weighted by molar-refractivity contribution is 0.109. The normalized spacial score (nSPS) is 11.2. The number of alkyl halides is 2. The zero-order chi connectivity index (χ0) is 11.7. The largest absolute Gasteiger partial charge is 0.331 e. The molecule has 2 nitrogen and oxygen atoms in total. The van der Waals surface area contributed by atoms with Crippen molar-refractivity contribution in [1.82, 2.24) is 4.57 Å². The summed E-state index contributed by atoms with van der Waals surface area (Å²) in [6.45, 7) is -0.526. The van der Waals surface area contributed by atoms with Crippen LogP contribution in [0.5, 0.6) is 0 Å². The van der Waals surface area contributed by atoms with Gasteiger partial charge < -0.3 is 4.57 Å². The Morgan fingerprint density at radius 2 is 2.19 bits per heavy atom. The molecule has 0 bridgehead atoms. The van der Waals surface area contributed by atoms with Gasteiger partial charge in [-0.3, -0.25) is 4.79 Å². The quantitative estimate of drug-likeness (QED) is 0.758. The molecule has 1 heterocycles. The summed E-state index contributed by atoms with van der Waals surface area (Å²) in [4.78, 5) is 10.8. The molecule has 5 heteroatoms. The molecule has 1 aromatic carbocycles. The number of hydrogen-bond donors (Lipinski definition) is 0. The summed E-state index contributed by atoms with van der Waals surface area (Å²) < 4.78 is 26.0. The lowest BCUT2D eigenvalue weighted by atomic mass is 10.2. The van der Waals surface area contributed by atoms with Crippen molar-refractivity contribution in [2.45, 2.75) is 13.0 Å². The highest BCUT2D eigenvalue weighted by atomic mass is 35.5. The molecule has 0 atom stereocenters. The number of fused-ring (bicyclic) bond motifs is 1. The monoisotopic (exact) mass is 243 g/mol. The summed E-state index contributed by atoms with van der Waals surface area (Å²) in [5.41, 5.74) is 0.690. The lowest BCUT2D eigenvalue weighted by Gasteiger charge is -2.07. The van der Waals surface area contributed by atoms with E-state index < -0.39 is 13.0 Å². The van der Waals surface area contributed by atoms with Gasteiger partial charge in [0.2, 0.25) is 0 Å². The van der Waals surface area contributed by atoms with E-state index in [9.17, 15) is 13.6 Å². The average Bonchev–Trinajstić information content (AvgIpc) is 2.57. The van der Waals surface area contributed by atoms with Crippen LogP contribution in [0.4, 0.5) is 8.78 Å². The van der Waals surface area contributed by atoms with Gasteiger partial charge in [-0.25, -0.2) is 8.78 Å². The molecule has 0 saturated carbocycles. The van der Waals surface area contributed by atoms with Crippen molar-refractivity contribution >= 4 is 28.8 Å². The van der Waals surface area contributed by atoms with Crippen molar-refractivity contribution in [3.63, 3.8) is 0 Å². The van der Waals surface area contributed by atoms with Crippen molar-refractivity contribution < 1.29 is 13.6 Å². The second-order valence-electron chi connectivity index (χ2n) is 3.37. The van der Waals surface area contributed by atoms with Gasteiger partial charge in [-0.1, -0.05) is 23.7 Å². The number of nitrogens with zero attached hydrogens (tertiary/aromatic N) is 1. The van der Waals surface area contributed by atoms with E-state index in [1.54, 1.807) is 24.3 Å². The van der Waals surface area contributed by atoms with Gasteiger partial charge in [0.1, 0.15) is 0 Å². The van der Waals surface area contributed by atoms with Crippen LogP contribution in [0.1, 0.15) is 10.5 Å². The lowest BCUT2D eigenvalue weighted by Crippen LogP contribution is -2.09. The van der Waals surface area contributed by atoms with Crippen molar-refractivity contribution in [2.75, 3.05) is 0 Å². The number of aromatic nitrogens is 1. The summed E-state index contributed by atoms with van der Waals surface area (Å²) >= 11 is 5.93. The fourth-order valence-corrected chi connectivity index (χ4v) is 2.02.